The number of nitrogens with zero attached hydrogens (tertiary/aromatic N) is 2. The molecule has 0 aliphatic carbocycles. The van der Waals surface area contributed by atoms with Crippen molar-refractivity contribution in [1.29, 1.82) is 0 Å². The fourth-order valence-electron chi connectivity index (χ4n) is 1.27. The fourth-order valence-corrected chi connectivity index (χ4v) is 1.27. The quantitative estimate of drug-likeness (QED) is 0.769. The zero-order valence-electron chi connectivity index (χ0n) is 9.95. The van der Waals surface area contributed by atoms with Gasteiger partial charge in [-0.05, 0) is 20.8 Å². The monoisotopic (exact) mass is 219 g/mol. The lowest BCUT2D eigenvalue weighted by Gasteiger charge is -2.12. The molecule has 1 unspecified atom stereocenters. The van der Waals surface area contributed by atoms with Crippen LogP contribution in [0.1, 0.15) is 26.0 Å². The number of aryl methyl sites for hydroxylation is 1. The number of terminal acetylenes is 1. The zero-order chi connectivity index (χ0) is 12.0. The number of nitrogens with one attached hydrogen (secondary N) is 1. The minimum absolute atomic E-state index is 0.154. The van der Waals surface area contributed by atoms with Crippen LogP contribution >= 0.6 is 0 Å². The molecule has 1 aromatic heterocycles. The Kier molecular flexibility index (Phi) is 4.59. The van der Waals surface area contributed by atoms with Crippen LogP contribution in [0.4, 0.5) is 5.95 Å². The Balaban J connectivity index is 2.76. The lowest BCUT2D eigenvalue weighted by Crippen LogP contribution is -2.16. The Hall–Kier alpha value is -1.76. The predicted molar refractivity (Wildman–Crippen MR) is 64.5 cm³/mol. The second-order valence-electron chi connectivity index (χ2n) is 3.56. The Morgan fingerprint density at radius 3 is 2.94 bits per heavy atom. The van der Waals surface area contributed by atoms with Gasteiger partial charge in [0.2, 0.25) is 11.8 Å². The number of aromatic nitrogens is 2. The molecule has 1 aromatic rings. The average Bonchev–Trinajstić information content (AvgIpc) is 2.17. The molecule has 0 bridgehead atoms. The van der Waals surface area contributed by atoms with Crippen molar-refractivity contribution >= 4 is 5.95 Å². The van der Waals surface area contributed by atoms with Gasteiger partial charge in [0.15, 0.2) is 0 Å². The summed E-state index contributed by atoms with van der Waals surface area (Å²) in [5.41, 5.74) is 0.869. The van der Waals surface area contributed by atoms with Crippen molar-refractivity contribution in [3.05, 3.63) is 11.8 Å². The third kappa shape index (κ3) is 3.77. The Morgan fingerprint density at radius 1 is 1.56 bits per heavy atom. The summed E-state index contributed by atoms with van der Waals surface area (Å²) < 4.78 is 5.34. The molecule has 0 aliphatic rings. The number of rotatable bonds is 5. The van der Waals surface area contributed by atoms with Crippen molar-refractivity contribution < 1.29 is 4.74 Å². The largest absolute Gasteiger partial charge is 0.478 e. The maximum atomic E-state index is 5.34. The summed E-state index contributed by atoms with van der Waals surface area (Å²) >= 11 is 0. The minimum Gasteiger partial charge on any atom is -0.478 e. The van der Waals surface area contributed by atoms with E-state index in [0.29, 0.717) is 24.9 Å². The molecule has 0 saturated carbocycles. The van der Waals surface area contributed by atoms with Crippen LogP contribution in [-0.2, 0) is 0 Å². The Bertz CT molecular complexity index is 384. The highest BCUT2D eigenvalue weighted by atomic mass is 16.5. The first-order valence-electron chi connectivity index (χ1n) is 5.34. The SMILES string of the molecule is C#CCC(C)Nc1nc(C)cc(OCC)n1. The first-order valence-corrected chi connectivity index (χ1v) is 5.34. The first-order chi connectivity index (χ1) is 7.65. The van der Waals surface area contributed by atoms with Gasteiger partial charge in [-0.3, -0.25) is 0 Å². The normalized spacial score (nSPS) is 11.6. The molecule has 1 atom stereocenters. The molecule has 1 rings (SSSR count). The molecule has 4 nitrogen and oxygen atoms in total. The van der Waals surface area contributed by atoms with Crippen molar-refractivity contribution in [2.24, 2.45) is 0 Å². The predicted octanol–water partition coefficient (Wildman–Crippen LogP) is 2.01. The van der Waals surface area contributed by atoms with E-state index >= 15 is 0 Å². The number of hydrogen-bond donors (Lipinski definition) is 1. The van der Waals surface area contributed by atoms with E-state index in [1.54, 1.807) is 6.07 Å². The van der Waals surface area contributed by atoms with E-state index in [0.717, 1.165) is 5.69 Å². The zero-order valence-corrected chi connectivity index (χ0v) is 9.95. The van der Waals surface area contributed by atoms with E-state index in [4.69, 9.17) is 11.2 Å². The van der Waals surface area contributed by atoms with Crippen LogP contribution in [0.15, 0.2) is 6.07 Å². The van der Waals surface area contributed by atoms with Crippen LogP contribution in [-0.4, -0.2) is 22.6 Å². The van der Waals surface area contributed by atoms with Gasteiger partial charge < -0.3 is 10.1 Å². The lowest BCUT2D eigenvalue weighted by atomic mass is 10.2. The third-order valence-electron chi connectivity index (χ3n) is 1.92. The Labute approximate surface area is 96.5 Å². The molecule has 86 valence electrons. The van der Waals surface area contributed by atoms with E-state index < -0.39 is 0 Å². The second kappa shape index (κ2) is 5.96. The summed E-state index contributed by atoms with van der Waals surface area (Å²) in [7, 11) is 0. The second-order valence-corrected chi connectivity index (χ2v) is 3.56. The van der Waals surface area contributed by atoms with Crippen molar-refractivity contribution in [3.63, 3.8) is 0 Å². The minimum atomic E-state index is 0.154. The van der Waals surface area contributed by atoms with Crippen molar-refractivity contribution in [1.82, 2.24) is 9.97 Å². The van der Waals surface area contributed by atoms with E-state index in [2.05, 4.69) is 21.2 Å². The molecule has 1 heterocycles. The van der Waals surface area contributed by atoms with Gasteiger partial charge >= 0.3 is 0 Å². The molecule has 16 heavy (non-hydrogen) atoms. The molecule has 0 saturated heterocycles. The summed E-state index contributed by atoms with van der Waals surface area (Å²) in [4.78, 5) is 8.50. The van der Waals surface area contributed by atoms with Gasteiger partial charge in [0.1, 0.15) is 0 Å². The van der Waals surface area contributed by atoms with Gasteiger partial charge in [0.25, 0.3) is 0 Å². The van der Waals surface area contributed by atoms with Crippen LogP contribution < -0.4 is 10.1 Å². The van der Waals surface area contributed by atoms with Crippen LogP contribution in [0.5, 0.6) is 5.88 Å². The number of hydrogen-bond acceptors (Lipinski definition) is 4. The summed E-state index contributed by atoms with van der Waals surface area (Å²) in [5.74, 6) is 3.74. The Morgan fingerprint density at radius 2 is 2.31 bits per heavy atom. The van der Waals surface area contributed by atoms with Crippen molar-refractivity contribution in [2.75, 3.05) is 11.9 Å². The molecule has 0 aromatic carbocycles. The average molecular weight is 219 g/mol. The number of anilines is 1. The van der Waals surface area contributed by atoms with E-state index in [-0.39, 0.29) is 6.04 Å². The molecule has 0 amide bonds. The molecule has 4 heteroatoms. The van der Waals surface area contributed by atoms with Gasteiger partial charge in [0, 0.05) is 24.2 Å². The van der Waals surface area contributed by atoms with Gasteiger partial charge in [-0.15, -0.1) is 12.3 Å². The molecule has 0 radical (unpaired) electrons. The van der Waals surface area contributed by atoms with Crippen molar-refractivity contribution in [2.45, 2.75) is 33.2 Å². The molecule has 0 spiro atoms. The highest BCUT2D eigenvalue weighted by Gasteiger charge is 2.05. The van der Waals surface area contributed by atoms with E-state index in [9.17, 15) is 0 Å². The van der Waals surface area contributed by atoms with Crippen LogP contribution in [0.3, 0.4) is 0 Å². The highest BCUT2D eigenvalue weighted by Crippen LogP contribution is 2.12. The smallest absolute Gasteiger partial charge is 0.226 e. The molecule has 1 N–H and O–H groups in total. The third-order valence-corrected chi connectivity index (χ3v) is 1.92. The van der Waals surface area contributed by atoms with E-state index in [1.165, 1.54) is 0 Å². The van der Waals surface area contributed by atoms with Gasteiger partial charge in [0.05, 0.1) is 6.61 Å². The standard InChI is InChI=1S/C12H17N3O/c1-5-7-9(3)13-12-14-10(4)8-11(15-12)16-6-2/h1,8-9H,6-7H2,2-4H3,(H,13,14,15). The van der Waals surface area contributed by atoms with E-state index in [1.807, 2.05) is 20.8 Å². The maximum absolute atomic E-state index is 5.34. The van der Waals surface area contributed by atoms with Crippen molar-refractivity contribution in [3.8, 4) is 18.2 Å². The highest BCUT2D eigenvalue weighted by molar-refractivity contribution is 5.31. The first kappa shape index (κ1) is 12.3. The summed E-state index contributed by atoms with van der Waals surface area (Å²) in [5, 5.41) is 3.14. The molecular weight excluding hydrogens is 202 g/mol. The molecule has 0 aliphatic heterocycles. The van der Waals surface area contributed by atoms with Crippen LogP contribution in [0.2, 0.25) is 0 Å². The maximum Gasteiger partial charge on any atom is 0.226 e. The molecular formula is C12H17N3O. The lowest BCUT2D eigenvalue weighted by molar-refractivity contribution is 0.326. The summed E-state index contributed by atoms with van der Waals surface area (Å²) in [6.45, 7) is 6.41. The number of ether oxygens (including phenoxy) is 1. The van der Waals surface area contributed by atoms with Gasteiger partial charge in [-0.25, -0.2) is 4.98 Å². The summed E-state index contributed by atoms with van der Waals surface area (Å²) in [6, 6.07) is 1.96. The van der Waals surface area contributed by atoms with Gasteiger partial charge in [-0.2, -0.15) is 4.98 Å². The summed E-state index contributed by atoms with van der Waals surface area (Å²) in [6.07, 6.45) is 5.88. The molecule has 0 fully saturated rings. The van der Waals surface area contributed by atoms with Crippen LogP contribution in [0.25, 0.3) is 0 Å². The fraction of sp³-hybridized carbons (Fsp3) is 0.500. The topological polar surface area (TPSA) is 47.0 Å². The van der Waals surface area contributed by atoms with Gasteiger partial charge in [-0.1, -0.05) is 0 Å². The van der Waals surface area contributed by atoms with Crippen LogP contribution in [0, 0.1) is 19.3 Å².